The lowest BCUT2D eigenvalue weighted by Crippen LogP contribution is -2.46. The van der Waals surface area contributed by atoms with E-state index in [1.807, 2.05) is 24.3 Å². The normalized spacial score (nSPS) is 21.7. The number of fused-ring (bicyclic) bond motifs is 1. The molecular formula is C16H23N3O. The predicted molar refractivity (Wildman–Crippen MR) is 81.9 cm³/mol. The van der Waals surface area contributed by atoms with Crippen LogP contribution in [0.5, 0.6) is 0 Å². The summed E-state index contributed by atoms with van der Waals surface area (Å²) in [5.74, 6) is 0.929. The minimum absolute atomic E-state index is 0.102. The second kappa shape index (κ2) is 6.16. The minimum atomic E-state index is -0.173. The molecule has 1 heterocycles. The van der Waals surface area contributed by atoms with Crippen LogP contribution in [0.25, 0.3) is 0 Å². The predicted octanol–water partition coefficient (Wildman–Crippen LogP) is 2.59. The van der Waals surface area contributed by atoms with Gasteiger partial charge < -0.3 is 16.0 Å². The number of hydrogen-bond donors (Lipinski definition) is 3. The molecule has 1 aliphatic carbocycles. The van der Waals surface area contributed by atoms with Crippen molar-refractivity contribution in [2.75, 3.05) is 23.7 Å². The summed E-state index contributed by atoms with van der Waals surface area (Å²) in [7, 11) is 0. The van der Waals surface area contributed by atoms with Crippen LogP contribution in [0.4, 0.5) is 11.4 Å². The third-order valence-electron chi connectivity index (χ3n) is 4.40. The molecule has 1 aromatic rings. The zero-order valence-corrected chi connectivity index (χ0v) is 11.8. The van der Waals surface area contributed by atoms with E-state index in [-0.39, 0.29) is 11.9 Å². The van der Waals surface area contributed by atoms with Crippen LogP contribution in [0.3, 0.4) is 0 Å². The van der Waals surface area contributed by atoms with E-state index in [0.29, 0.717) is 6.54 Å². The van der Waals surface area contributed by atoms with Crippen molar-refractivity contribution >= 4 is 17.3 Å². The number of rotatable bonds is 4. The molecule has 3 N–H and O–H groups in total. The van der Waals surface area contributed by atoms with Crippen LogP contribution in [-0.2, 0) is 4.79 Å². The van der Waals surface area contributed by atoms with Gasteiger partial charge in [0.25, 0.3) is 0 Å². The Morgan fingerprint density at radius 3 is 2.75 bits per heavy atom. The van der Waals surface area contributed by atoms with Crippen LogP contribution < -0.4 is 16.0 Å². The Morgan fingerprint density at radius 1 is 1.20 bits per heavy atom. The molecule has 1 amide bonds. The molecule has 0 bridgehead atoms. The Hall–Kier alpha value is -1.71. The summed E-state index contributed by atoms with van der Waals surface area (Å²) in [6.45, 7) is 1.45. The van der Waals surface area contributed by atoms with Crippen LogP contribution in [0.2, 0.25) is 0 Å². The van der Waals surface area contributed by atoms with Gasteiger partial charge in [-0.15, -0.1) is 0 Å². The van der Waals surface area contributed by atoms with Crippen molar-refractivity contribution in [3.8, 4) is 0 Å². The highest BCUT2D eigenvalue weighted by Gasteiger charge is 2.23. The van der Waals surface area contributed by atoms with Gasteiger partial charge in [0.2, 0.25) is 5.91 Å². The maximum absolute atomic E-state index is 12.2. The number of hydrogen-bond acceptors (Lipinski definition) is 3. The van der Waals surface area contributed by atoms with Gasteiger partial charge in [-0.3, -0.25) is 4.79 Å². The lowest BCUT2D eigenvalue weighted by molar-refractivity contribution is -0.121. The molecule has 108 valence electrons. The molecule has 2 aliphatic rings. The van der Waals surface area contributed by atoms with Gasteiger partial charge in [-0.1, -0.05) is 37.8 Å². The van der Waals surface area contributed by atoms with E-state index in [0.717, 1.165) is 30.3 Å². The maximum Gasteiger partial charge on any atom is 0.244 e. The molecule has 0 saturated heterocycles. The average molecular weight is 273 g/mol. The molecule has 0 aromatic heterocycles. The zero-order valence-electron chi connectivity index (χ0n) is 11.8. The van der Waals surface area contributed by atoms with Gasteiger partial charge in [0.15, 0.2) is 0 Å². The summed E-state index contributed by atoms with van der Waals surface area (Å²) >= 11 is 0. The van der Waals surface area contributed by atoms with Crippen molar-refractivity contribution < 1.29 is 4.79 Å². The number of carbonyl (C=O) groups is 1. The molecule has 4 nitrogen and oxygen atoms in total. The molecule has 1 atom stereocenters. The van der Waals surface area contributed by atoms with Crippen molar-refractivity contribution in [3.05, 3.63) is 24.3 Å². The van der Waals surface area contributed by atoms with E-state index in [9.17, 15) is 4.79 Å². The summed E-state index contributed by atoms with van der Waals surface area (Å²) in [6.07, 6.45) is 6.54. The van der Waals surface area contributed by atoms with E-state index < -0.39 is 0 Å². The molecular weight excluding hydrogens is 250 g/mol. The summed E-state index contributed by atoms with van der Waals surface area (Å²) < 4.78 is 0. The van der Waals surface area contributed by atoms with Gasteiger partial charge in [-0.2, -0.15) is 0 Å². The number of anilines is 2. The summed E-state index contributed by atoms with van der Waals surface area (Å²) in [4.78, 5) is 12.2. The van der Waals surface area contributed by atoms with Crippen molar-refractivity contribution in [2.45, 2.75) is 38.1 Å². The highest BCUT2D eigenvalue weighted by Crippen LogP contribution is 2.27. The minimum Gasteiger partial charge on any atom is -0.381 e. The monoisotopic (exact) mass is 273 g/mol. The first-order chi connectivity index (χ1) is 9.83. The molecule has 0 radical (unpaired) electrons. The van der Waals surface area contributed by atoms with Crippen LogP contribution in [0.15, 0.2) is 24.3 Å². The summed E-state index contributed by atoms with van der Waals surface area (Å²) in [6, 6.07) is 7.83. The standard InChI is InChI=1S/C16H23N3O/c20-16(17-10-9-12-5-1-2-6-12)15-11-18-13-7-3-4-8-14(13)19-15/h3-4,7-8,12,15,18-19H,1-2,5-6,9-11H2,(H,17,20). The maximum atomic E-state index is 12.2. The van der Waals surface area contributed by atoms with E-state index in [1.54, 1.807) is 0 Å². The van der Waals surface area contributed by atoms with E-state index in [1.165, 1.54) is 25.7 Å². The Kier molecular flexibility index (Phi) is 4.09. The smallest absolute Gasteiger partial charge is 0.244 e. The number of carbonyl (C=O) groups excluding carboxylic acids is 1. The third-order valence-corrected chi connectivity index (χ3v) is 4.40. The van der Waals surface area contributed by atoms with Crippen molar-refractivity contribution in [3.63, 3.8) is 0 Å². The SMILES string of the molecule is O=C(NCCC1CCCC1)C1CNc2ccccc2N1. The van der Waals surface area contributed by atoms with Gasteiger partial charge in [0.1, 0.15) is 6.04 Å². The lowest BCUT2D eigenvalue weighted by atomic mass is 10.0. The highest BCUT2D eigenvalue weighted by atomic mass is 16.2. The molecule has 1 aromatic carbocycles. The van der Waals surface area contributed by atoms with Crippen LogP contribution in [-0.4, -0.2) is 25.0 Å². The Bertz CT molecular complexity index is 469. The van der Waals surface area contributed by atoms with Crippen molar-refractivity contribution in [1.82, 2.24) is 5.32 Å². The Morgan fingerprint density at radius 2 is 1.95 bits per heavy atom. The fourth-order valence-corrected chi connectivity index (χ4v) is 3.19. The second-order valence-electron chi connectivity index (χ2n) is 5.85. The van der Waals surface area contributed by atoms with Gasteiger partial charge in [0.05, 0.1) is 11.4 Å². The van der Waals surface area contributed by atoms with Crippen LogP contribution in [0, 0.1) is 5.92 Å². The first kappa shape index (κ1) is 13.3. The molecule has 1 aliphatic heterocycles. The average Bonchev–Trinajstić information content (AvgIpc) is 3.00. The Labute approximate surface area is 120 Å². The van der Waals surface area contributed by atoms with Gasteiger partial charge >= 0.3 is 0 Å². The number of para-hydroxylation sites is 2. The Balaban J connectivity index is 1.46. The third kappa shape index (κ3) is 3.06. The lowest BCUT2D eigenvalue weighted by Gasteiger charge is -2.27. The van der Waals surface area contributed by atoms with Gasteiger partial charge in [-0.05, 0) is 24.5 Å². The van der Waals surface area contributed by atoms with Gasteiger partial charge in [0, 0.05) is 13.1 Å². The van der Waals surface area contributed by atoms with Crippen molar-refractivity contribution in [2.24, 2.45) is 5.92 Å². The molecule has 1 fully saturated rings. The van der Waals surface area contributed by atoms with Crippen molar-refractivity contribution in [1.29, 1.82) is 0 Å². The number of amides is 1. The van der Waals surface area contributed by atoms with E-state index in [2.05, 4.69) is 16.0 Å². The molecule has 1 saturated carbocycles. The molecule has 20 heavy (non-hydrogen) atoms. The van der Waals surface area contributed by atoms with E-state index in [4.69, 9.17) is 0 Å². The summed E-state index contributed by atoms with van der Waals surface area (Å²) in [5.41, 5.74) is 2.08. The molecule has 0 spiro atoms. The first-order valence-corrected chi connectivity index (χ1v) is 7.70. The van der Waals surface area contributed by atoms with Gasteiger partial charge in [-0.25, -0.2) is 0 Å². The topological polar surface area (TPSA) is 53.2 Å². The fraction of sp³-hybridized carbons (Fsp3) is 0.562. The summed E-state index contributed by atoms with van der Waals surface area (Å²) in [5, 5.41) is 9.67. The second-order valence-corrected chi connectivity index (χ2v) is 5.85. The quantitative estimate of drug-likeness (QED) is 0.790. The molecule has 3 rings (SSSR count). The number of benzene rings is 1. The molecule has 4 heteroatoms. The number of nitrogens with one attached hydrogen (secondary N) is 3. The van der Waals surface area contributed by atoms with Crippen LogP contribution in [0.1, 0.15) is 32.1 Å². The first-order valence-electron chi connectivity index (χ1n) is 7.70. The highest BCUT2D eigenvalue weighted by molar-refractivity contribution is 5.88. The zero-order chi connectivity index (χ0) is 13.8. The van der Waals surface area contributed by atoms with E-state index >= 15 is 0 Å². The van der Waals surface area contributed by atoms with Crippen LogP contribution >= 0.6 is 0 Å². The molecule has 1 unspecified atom stereocenters. The largest absolute Gasteiger partial charge is 0.381 e. The fourth-order valence-electron chi connectivity index (χ4n) is 3.19.